The lowest BCUT2D eigenvalue weighted by molar-refractivity contribution is 0.879. The summed E-state index contributed by atoms with van der Waals surface area (Å²) in [5, 5.41) is 4.15. The first kappa shape index (κ1) is 9.74. The molecule has 4 heteroatoms. The Balaban J connectivity index is 2.43. The zero-order chi connectivity index (χ0) is 9.97. The summed E-state index contributed by atoms with van der Waals surface area (Å²) >= 11 is 9.22. The van der Waals surface area contributed by atoms with E-state index in [-0.39, 0.29) is 0 Å². The Labute approximate surface area is 95.6 Å². The second-order valence-corrected chi connectivity index (χ2v) is 3.98. The molecule has 1 aromatic heterocycles. The van der Waals surface area contributed by atoms with Gasteiger partial charge in [0.25, 0.3) is 0 Å². The van der Waals surface area contributed by atoms with Gasteiger partial charge in [-0.15, -0.1) is 11.6 Å². The smallest absolute Gasteiger partial charge is 0.0656 e. The van der Waals surface area contributed by atoms with Gasteiger partial charge in [-0.25, -0.2) is 4.68 Å². The molecule has 72 valence electrons. The lowest BCUT2D eigenvalue weighted by Gasteiger charge is -2.04. The van der Waals surface area contributed by atoms with Gasteiger partial charge < -0.3 is 0 Å². The van der Waals surface area contributed by atoms with Gasteiger partial charge in [-0.05, 0) is 23.8 Å². The Bertz CT molecular complexity index is 426. The average Bonchev–Trinajstić information content (AvgIpc) is 2.70. The predicted octanol–water partition coefficient (Wildman–Crippen LogP) is 3.37. The fourth-order valence-corrected chi connectivity index (χ4v) is 2.11. The van der Waals surface area contributed by atoms with E-state index in [1.807, 2.05) is 35.1 Å². The van der Waals surface area contributed by atoms with E-state index < -0.39 is 0 Å². The first-order valence-electron chi connectivity index (χ1n) is 4.15. The Kier molecular flexibility index (Phi) is 2.89. The van der Waals surface area contributed by atoms with E-state index in [0.29, 0.717) is 5.88 Å². The highest BCUT2D eigenvalue weighted by Crippen LogP contribution is 2.21. The van der Waals surface area contributed by atoms with Gasteiger partial charge in [0, 0.05) is 22.7 Å². The van der Waals surface area contributed by atoms with Crippen LogP contribution in [-0.2, 0) is 5.88 Å². The summed E-state index contributed by atoms with van der Waals surface area (Å²) in [5.41, 5.74) is 2.11. The standard InChI is InChI=1S/C10H8BrClN2/c11-10-6-9(3-2-8(10)7-12)14-5-1-4-13-14/h1-6H,7H2. The Hall–Kier alpha value is -0.800. The maximum absolute atomic E-state index is 5.76. The summed E-state index contributed by atoms with van der Waals surface area (Å²) in [4.78, 5) is 0. The SMILES string of the molecule is ClCc1ccc(-n2cccn2)cc1Br. The molecular formula is C10H8BrClN2. The highest BCUT2D eigenvalue weighted by molar-refractivity contribution is 9.10. The fraction of sp³-hybridized carbons (Fsp3) is 0.100. The molecule has 0 fully saturated rings. The van der Waals surface area contributed by atoms with Crippen LogP contribution in [0.4, 0.5) is 0 Å². The van der Waals surface area contributed by atoms with Crippen LogP contribution < -0.4 is 0 Å². The monoisotopic (exact) mass is 270 g/mol. The van der Waals surface area contributed by atoms with Crippen LogP contribution in [0.15, 0.2) is 41.1 Å². The van der Waals surface area contributed by atoms with Crippen LogP contribution in [0, 0.1) is 0 Å². The minimum absolute atomic E-state index is 0.514. The van der Waals surface area contributed by atoms with Crippen molar-refractivity contribution < 1.29 is 0 Å². The zero-order valence-electron chi connectivity index (χ0n) is 7.32. The van der Waals surface area contributed by atoms with E-state index in [1.165, 1.54) is 0 Å². The first-order valence-corrected chi connectivity index (χ1v) is 5.48. The zero-order valence-corrected chi connectivity index (χ0v) is 9.66. The maximum atomic E-state index is 5.76. The number of alkyl halides is 1. The fourth-order valence-electron chi connectivity index (χ4n) is 1.21. The van der Waals surface area contributed by atoms with Crippen molar-refractivity contribution in [2.24, 2.45) is 0 Å². The average molecular weight is 272 g/mol. The van der Waals surface area contributed by atoms with E-state index in [2.05, 4.69) is 21.0 Å². The topological polar surface area (TPSA) is 17.8 Å². The summed E-state index contributed by atoms with van der Waals surface area (Å²) in [7, 11) is 0. The number of hydrogen-bond donors (Lipinski definition) is 0. The predicted molar refractivity (Wildman–Crippen MR) is 60.8 cm³/mol. The van der Waals surface area contributed by atoms with Gasteiger partial charge in [0.15, 0.2) is 0 Å². The van der Waals surface area contributed by atoms with Crippen molar-refractivity contribution >= 4 is 27.5 Å². The van der Waals surface area contributed by atoms with Crippen LogP contribution in [-0.4, -0.2) is 9.78 Å². The van der Waals surface area contributed by atoms with Crippen molar-refractivity contribution in [2.45, 2.75) is 5.88 Å². The van der Waals surface area contributed by atoms with Crippen LogP contribution in [0.3, 0.4) is 0 Å². The van der Waals surface area contributed by atoms with Crippen molar-refractivity contribution in [1.82, 2.24) is 9.78 Å². The van der Waals surface area contributed by atoms with Crippen molar-refractivity contribution in [3.63, 3.8) is 0 Å². The third kappa shape index (κ3) is 1.83. The Morgan fingerprint density at radius 2 is 2.29 bits per heavy atom. The number of rotatable bonds is 2. The molecule has 2 aromatic rings. The molecule has 14 heavy (non-hydrogen) atoms. The molecule has 2 rings (SSSR count). The second-order valence-electron chi connectivity index (χ2n) is 2.86. The van der Waals surface area contributed by atoms with Crippen LogP contribution in [0.1, 0.15) is 5.56 Å². The molecule has 0 aliphatic carbocycles. The molecule has 0 unspecified atom stereocenters. The van der Waals surface area contributed by atoms with Crippen LogP contribution in [0.2, 0.25) is 0 Å². The molecule has 0 aliphatic heterocycles. The highest BCUT2D eigenvalue weighted by Gasteiger charge is 2.01. The number of nitrogens with zero attached hydrogens (tertiary/aromatic N) is 2. The number of halogens is 2. The van der Waals surface area contributed by atoms with Gasteiger partial charge in [-0.2, -0.15) is 5.10 Å². The third-order valence-corrected chi connectivity index (χ3v) is 2.98. The molecule has 0 radical (unpaired) electrons. The summed E-state index contributed by atoms with van der Waals surface area (Å²) in [6, 6.07) is 7.89. The minimum Gasteiger partial charge on any atom is -0.241 e. The molecule has 0 N–H and O–H groups in total. The molecular weight excluding hydrogens is 263 g/mol. The van der Waals surface area contributed by atoms with Gasteiger partial charge >= 0.3 is 0 Å². The lowest BCUT2D eigenvalue weighted by atomic mass is 10.2. The van der Waals surface area contributed by atoms with Crippen molar-refractivity contribution in [1.29, 1.82) is 0 Å². The minimum atomic E-state index is 0.514. The lowest BCUT2D eigenvalue weighted by Crippen LogP contribution is -1.94. The molecule has 0 amide bonds. The van der Waals surface area contributed by atoms with Crippen molar-refractivity contribution in [2.75, 3.05) is 0 Å². The maximum Gasteiger partial charge on any atom is 0.0656 e. The highest BCUT2D eigenvalue weighted by atomic mass is 79.9. The molecule has 1 heterocycles. The van der Waals surface area contributed by atoms with E-state index in [1.54, 1.807) is 6.20 Å². The number of aromatic nitrogens is 2. The largest absolute Gasteiger partial charge is 0.241 e. The Morgan fingerprint density at radius 3 is 2.86 bits per heavy atom. The van der Waals surface area contributed by atoms with Crippen LogP contribution in [0.25, 0.3) is 5.69 Å². The molecule has 2 nitrogen and oxygen atoms in total. The summed E-state index contributed by atoms with van der Waals surface area (Å²) in [6.07, 6.45) is 3.66. The van der Waals surface area contributed by atoms with Crippen LogP contribution >= 0.6 is 27.5 Å². The van der Waals surface area contributed by atoms with Gasteiger partial charge in [0.2, 0.25) is 0 Å². The van der Waals surface area contributed by atoms with Gasteiger partial charge in [-0.1, -0.05) is 22.0 Å². The third-order valence-electron chi connectivity index (χ3n) is 1.95. The summed E-state index contributed by atoms with van der Waals surface area (Å²) in [6.45, 7) is 0. The van der Waals surface area contributed by atoms with E-state index >= 15 is 0 Å². The molecule has 0 saturated carbocycles. The quantitative estimate of drug-likeness (QED) is 0.766. The Morgan fingerprint density at radius 1 is 1.43 bits per heavy atom. The normalized spacial score (nSPS) is 10.4. The van der Waals surface area contributed by atoms with E-state index in [4.69, 9.17) is 11.6 Å². The molecule has 0 saturated heterocycles. The summed E-state index contributed by atoms with van der Waals surface area (Å²) in [5.74, 6) is 0.514. The van der Waals surface area contributed by atoms with Crippen molar-refractivity contribution in [3.05, 3.63) is 46.7 Å². The summed E-state index contributed by atoms with van der Waals surface area (Å²) < 4.78 is 2.82. The molecule has 1 aromatic carbocycles. The molecule has 0 aliphatic rings. The number of benzene rings is 1. The molecule has 0 atom stereocenters. The van der Waals surface area contributed by atoms with E-state index in [9.17, 15) is 0 Å². The second kappa shape index (κ2) is 4.15. The van der Waals surface area contributed by atoms with Crippen molar-refractivity contribution in [3.8, 4) is 5.69 Å². The van der Waals surface area contributed by atoms with Crippen LogP contribution in [0.5, 0.6) is 0 Å². The number of hydrogen-bond acceptors (Lipinski definition) is 1. The molecule has 0 bridgehead atoms. The van der Waals surface area contributed by atoms with Gasteiger partial charge in [0.1, 0.15) is 0 Å². The van der Waals surface area contributed by atoms with E-state index in [0.717, 1.165) is 15.7 Å². The van der Waals surface area contributed by atoms with Gasteiger partial charge in [-0.3, -0.25) is 0 Å². The molecule has 0 spiro atoms. The first-order chi connectivity index (χ1) is 6.81. The van der Waals surface area contributed by atoms with Gasteiger partial charge in [0.05, 0.1) is 5.69 Å².